The summed E-state index contributed by atoms with van der Waals surface area (Å²) in [5, 5.41) is 15.0. The number of rotatable bonds is 6. The van der Waals surface area contributed by atoms with E-state index in [1.165, 1.54) is 0 Å². The minimum Gasteiger partial charge on any atom is -0.496 e. The Kier molecular flexibility index (Phi) is 4.46. The molecule has 3 atom stereocenters. The Labute approximate surface area is 146 Å². The van der Waals surface area contributed by atoms with Crippen molar-refractivity contribution in [2.45, 2.75) is 38.1 Å². The molecule has 6 nitrogen and oxygen atoms in total. The van der Waals surface area contributed by atoms with Crippen molar-refractivity contribution in [1.29, 1.82) is 0 Å². The summed E-state index contributed by atoms with van der Waals surface area (Å²) in [6, 6.07) is 6.29. The first kappa shape index (κ1) is 16.2. The van der Waals surface area contributed by atoms with Gasteiger partial charge in [0.05, 0.1) is 19.5 Å². The van der Waals surface area contributed by atoms with E-state index in [4.69, 9.17) is 4.74 Å². The molecule has 1 aromatic carbocycles. The third-order valence-electron chi connectivity index (χ3n) is 5.18. The van der Waals surface area contributed by atoms with Gasteiger partial charge in [-0.2, -0.15) is 0 Å². The lowest BCUT2D eigenvalue weighted by Gasteiger charge is -2.18. The smallest absolute Gasteiger partial charge is 0.132 e. The fourth-order valence-corrected chi connectivity index (χ4v) is 3.95. The van der Waals surface area contributed by atoms with Crippen LogP contribution in [0.4, 0.5) is 0 Å². The molecule has 1 unspecified atom stereocenters. The Hall–Kier alpha value is -2.31. The lowest BCUT2D eigenvalue weighted by molar-refractivity contribution is 0.145. The molecule has 0 bridgehead atoms. The predicted molar refractivity (Wildman–Crippen MR) is 96.4 cm³/mol. The lowest BCUT2D eigenvalue weighted by Crippen LogP contribution is -2.35. The van der Waals surface area contributed by atoms with Gasteiger partial charge >= 0.3 is 0 Å². The molecule has 0 amide bonds. The van der Waals surface area contributed by atoms with Crippen LogP contribution in [0.3, 0.4) is 0 Å². The van der Waals surface area contributed by atoms with Gasteiger partial charge in [0.25, 0.3) is 0 Å². The van der Waals surface area contributed by atoms with Crippen LogP contribution >= 0.6 is 0 Å². The molecular formula is C19H24N4O2. The number of H-pyrrole nitrogens is 1. The second-order valence-electron chi connectivity index (χ2n) is 6.85. The van der Waals surface area contributed by atoms with Crippen LogP contribution in [0.2, 0.25) is 0 Å². The van der Waals surface area contributed by atoms with Crippen LogP contribution in [-0.2, 0) is 13.1 Å². The Morgan fingerprint density at radius 3 is 3.08 bits per heavy atom. The van der Waals surface area contributed by atoms with E-state index in [1.54, 1.807) is 13.3 Å². The van der Waals surface area contributed by atoms with Crippen molar-refractivity contribution in [2.24, 2.45) is 5.92 Å². The van der Waals surface area contributed by atoms with Crippen LogP contribution in [0.1, 0.15) is 18.4 Å². The molecule has 3 aromatic rings. The molecule has 0 aliphatic heterocycles. The van der Waals surface area contributed by atoms with E-state index in [0.29, 0.717) is 12.5 Å². The number of aromatic nitrogens is 3. The summed E-state index contributed by atoms with van der Waals surface area (Å²) in [6.07, 6.45) is 9.01. The Morgan fingerprint density at radius 1 is 1.36 bits per heavy atom. The van der Waals surface area contributed by atoms with E-state index in [9.17, 15) is 5.11 Å². The first-order valence-electron chi connectivity index (χ1n) is 8.74. The maximum atomic E-state index is 10.4. The number of ether oxygens (including phenoxy) is 1. The standard InChI is InChI=1S/C19H24N4O2/c1-25-19-14(2-3-16-15(19)4-5-21-16)10-22-17-8-13(9-18(17)24)11-23-7-6-20-12-23/h2-7,12-13,17-18,21-22,24H,8-11H2,1H3/t13?,17-,18-/m1/s1. The van der Waals surface area contributed by atoms with Crippen molar-refractivity contribution >= 4 is 10.9 Å². The van der Waals surface area contributed by atoms with Crippen molar-refractivity contribution < 1.29 is 9.84 Å². The normalized spacial score (nSPS) is 23.4. The van der Waals surface area contributed by atoms with Gasteiger partial charge in [-0.25, -0.2) is 4.98 Å². The molecule has 2 heterocycles. The highest BCUT2D eigenvalue weighted by molar-refractivity contribution is 5.87. The van der Waals surface area contributed by atoms with E-state index >= 15 is 0 Å². The second kappa shape index (κ2) is 6.90. The molecule has 0 radical (unpaired) electrons. The highest BCUT2D eigenvalue weighted by Gasteiger charge is 2.32. The van der Waals surface area contributed by atoms with E-state index in [-0.39, 0.29) is 12.1 Å². The Bertz CT molecular complexity index is 827. The summed E-state index contributed by atoms with van der Waals surface area (Å²) >= 11 is 0. The summed E-state index contributed by atoms with van der Waals surface area (Å²) in [7, 11) is 1.71. The molecule has 2 aromatic heterocycles. The summed E-state index contributed by atoms with van der Waals surface area (Å²) in [4.78, 5) is 7.29. The number of hydrogen-bond donors (Lipinski definition) is 3. The summed E-state index contributed by atoms with van der Waals surface area (Å²) in [6.45, 7) is 1.59. The van der Waals surface area contributed by atoms with Crippen LogP contribution in [0.5, 0.6) is 5.75 Å². The van der Waals surface area contributed by atoms with Gasteiger partial charge in [-0.05, 0) is 30.9 Å². The molecule has 4 rings (SSSR count). The van der Waals surface area contributed by atoms with E-state index in [0.717, 1.165) is 41.6 Å². The highest BCUT2D eigenvalue weighted by atomic mass is 16.5. The van der Waals surface area contributed by atoms with Crippen LogP contribution in [0.15, 0.2) is 43.1 Å². The second-order valence-corrected chi connectivity index (χ2v) is 6.85. The van der Waals surface area contributed by atoms with Gasteiger partial charge in [-0.1, -0.05) is 6.07 Å². The molecule has 1 aliphatic rings. The fourth-order valence-electron chi connectivity index (χ4n) is 3.95. The number of hydrogen-bond acceptors (Lipinski definition) is 4. The summed E-state index contributed by atoms with van der Waals surface area (Å²) in [5.41, 5.74) is 2.18. The van der Waals surface area contributed by atoms with Crippen LogP contribution < -0.4 is 10.1 Å². The van der Waals surface area contributed by atoms with E-state index < -0.39 is 0 Å². The zero-order valence-corrected chi connectivity index (χ0v) is 14.4. The lowest BCUT2D eigenvalue weighted by atomic mass is 10.1. The number of nitrogens with one attached hydrogen (secondary N) is 2. The first-order valence-corrected chi connectivity index (χ1v) is 8.74. The van der Waals surface area contributed by atoms with Gasteiger partial charge in [0.1, 0.15) is 5.75 Å². The third-order valence-corrected chi connectivity index (χ3v) is 5.18. The number of methoxy groups -OCH3 is 1. The number of nitrogens with zero attached hydrogens (tertiary/aromatic N) is 2. The van der Waals surface area contributed by atoms with Crippen LogP contribution in [-0.4, -0.2) is 38.9 Å². The highest BCUT2D eigenvalue weighted by Crippen LogP contribution is 2.31. The average Bonchev–Trinajstić information content (AvgIpc) is 3.34. The van der Waals surface area contributed by atoms with Gasteiger partial charge in [0, 0.05) is 54.2 Å². The molecule has 132 valence electrons. The SMILES string of the molecule is COc1c(CN[C@@H]2CC(Cn3ccnc3)C[C@H]2O)ccc2[nH]ccc12. The van der Waals surface area contributed by atoms with Gasteiger partial charge in [0.15, 0.2) is 0 Å². The maximum absolute atomic E-state index is 10.4. The topological polar surface area (TPSA) is 75.1 Å². The summed E-state index contributed by atoms with van der Waals surface area (Å²) < 4.78 is 7.70. The number of fused-ring (bicyclic) bond motifs is 1. The number of aromatic amines is 1. The first-order chi connectivity index (χ1) is 12.2. The van der Waals surface area contributed by atoms with E-state index in [1.807, 2.05) is 24.8 Å². The monoisotopic (exact) mass is 340 g/mol. The zero-order valence-electron chi connectivity index (χ0n) is 14.4. The van der Waals surface area contributed by atoms with Crippen LogP contribution in [0, 0.1) is 5.92 Å². The predicted octanol–water partition coefficient (Wildman–Crippen LogP) is 2.30. The number of benzene rings is 1. The van der Waals surface area contributed by atoms with Crippen molar-refractivity contribution in [3.8, 4) is 5.75 Å². The van der Waals surface area contributed by atoms with Gasteiger partial charge in [0.2, 0.25) is 0 Å². The van der Waals surface area contributed by atoms with Crippen LogP contribution in [0.25, 0.3) is 10.9 Å². The quantitative estimate of drug-likeness (QED) is 0.644. The zero-order chi connectivity index (χ0) is 17.2. The Morgan fingerprint density at radius 2 is 2.28 bits per heavy atom. The molecule has 3 N–H and O–H groups in total. The van der Waals surface area contributed by atoms with E-state index in [2.05, 4.69) is 32.0 Å². The molecule has 25 heavy (non-hydrogen) atoms. The van der Waals surface area contributed by atoms with Gasteiger partial charge in [-0.15, -0.1) is 0 Å². The average molecular weight is 340 g/mol. The number of aliphatic hydroxyl groups excluding tert-OH is 1. The minimum absolute atomic E-state index is 0.111. The van der Waals surface area contributed by atoms with Crippen molar-refractivity contribution in [2.75, 3.05) is 7.11 Å². The van der Waals surface area contributed by atoms with Gasteiger partial charge < -0.3 is 24.7 Å². The molecule has 6 heteroatoms. The molecule has 0 saturated heterocycles. The van der Waals surface area contributed by atoms with Crippen molar-refractivity contribution in [3.63, 3.8) is 0 Å². The van der Waals surface area contributed by atoms with Crippen molar-refractivity contribution in [1.82, 2.24) is 19.9 Å². The molecular weight excluding hydrogens is 316 g/mol. The fraction of sp³-hybridized carbons (Fsp3) is 0.421. The number of aliphatic hydroxyl groups is 1. The number of imidazole rings is 1. The third kappa shape index (κ3) is 3.27. The Balaban J connectivity index is 1.41. The largest absolute Gasteiger partial charge is 0.496 e. The molecule has 1 fully saturated rings. The van der Waals surface area contributed by atoms with Crippen molar-refractivity contribution in [3.05, 3.63) is 48.7 Å². The molecule has 1 saturated carbocycles. The molecule has 0 spiro atoms. The maximum Gasteiger partial charge on any atom is 0.132 e. The van der Waals surface area contributed by atoms with Gasteiger partial charge in [-0.3, -0.25) is 0 Å². The summed E-state index contributed by atoms with van der Waals surface area (Å²) in [5.74, 6) is 1.37. The molecule has 1 aliphatic carbocycles. The minimum atomic E-state index is -0.310.